The average molecular weight is 306 g/mol. The number of rotatable bonds is 6. The van der Waals surface area contributed by atoms with Gasteiger partial charge in [0.25, 0.3) is 5.91 Å². The number of carboxylic acids is 1. The van der Waals surface area contributed by atoms with Gasteiger partial charge in [0.05, 0.1) is 16.2 Å². The first-order valence-electron chi connectivity index (χ1n) is 5.31. The predicted molar refractivity (Wildman–Crippen MR) is 69.7 cm³/mol. The van der Waals surface area contributed by atoms with E-state index in [2.05, 4.69) is 10.0 Å². The number of amides is 1. The van der Waals surface area contributed by atoms with E-state index in [-0.39, 0.29) is 16.2 Å². The Bertz CT molecular complexity index is 578. The maximum Gasteiger partial charge on any atom is 0.305 e. The van der Waals surface area contributed by atoms with E-state index in [9.17, 15) is 18.0 Å². The van der Waals surface area contributed by atoms with Gasteiger partial charge in [0.1, 0.15) is 0 Å². The zero-order valence-corrected chi connectivity index (χ0v) is 12.0. The number of hydrogen-bond donors (Lipinski definition) is 3. The van der Waals surface area contributed by atoms with Crippen LogP contribution in [-0.2, 0) is 14.8 Å². The topological polar surface area (TPSA) is 113 Å². The van der Waals surface area contributed by atoms with Crippen LogP contribution in [0.2, 0.25) is 0 Å². The molecule has 0 aliphatic heterocycles. The summed E-state index contributed by atoms with van der Waals surface area (Å²) in [5.74, 6) is -1.51. The van der Waals surface area contributed by atoms with Gasteiger partial charge >= 0.3 is 5.97 Å². The van der Waals surface area contributed by atoms with Gasteiger partial charge in [-0.05, 0) is 20.0 Å². The van der Waals surface area contributed by atoms with Crippen molar-refractivity contribution in [1.82, 2.24) is 10.0 Å². The molecule has 0 saturated carbocycles. The van der Waals surface area contributed by atoms with E-state index in [1.807, 2.05) is 0 Å². The smallest absolute Gasteiger partial charge is 0.305 e. The summed E-state index contributed by atoms with van der Waals surface area (Å²) >= 11 is 0.982. The van der Waals surface area contributed by atoms with Gasteiger partial charge in [0.15, 0.2) is 0 Å². The Balaban J connectivity index is 2.77. The second-order valence-corrected chi connectivity index (χ2v) is 6.62. The minimum absolute atomic E-state index is 0.0102. The number of carbonyl (C=O) groups is 2. The molecule has 1 aromatic heterocycles. The van der Waals surface area contributed by atoms with Crippen molar-refractivity contribution in [3.05, 3.63) is 16.3 Å². The third-order valence-corrected chi connectivity index (χ3v) is 4.71. The van der Waals surface area contributed by atoms with Crippen LogP contribution >= 0.6 is 11.3 Å². The van der Waals surface area contributed by atoms with Crippen molar-refractivity contribution >= 4 is 33.2 Å². The van der Waals surface area contributed by atoms with Crippen LogP contribution in [0.15, 0.2) is 16.3 Å². The Morgan fingerprint density at radius 3 is 2.63 bits per heavy atom. The maximum absolute atomic E-state index is 11.8. The van der Waals surface area contributed by atoms with Gasteiger partial charge in [-0.15, -0.1) is 11.3 Å². The Morgan fingerprint density at radius 1 is 1.47 bits per heavy atom. The van der Waals surface area contributed by atoms with Gasteiger partial charge in [0, 0.05) is 11.4 Å². The molecule has 0 aliphatic carbocycles. The van der Waals surface area contributed by atoms with E-state index in [1.54, 1.807) is 6.92 Å². The summed E-state index contributed by atoms with van der Waals surface area (Å²) in [6.07, 6.45) is -0.196. The molecule has 0 fully saturated rings. The molecule has 19 heavy (non-hydrogen) atoms. The zero-order valence-electron chi connectivity index (χ0n) is 10.3. The van der Waals surface area contributed by atoms with Crippen molar-refractivity contribution < 1.29 is 23.1 Å². The molecule has 1 unspecified atom stereocenters. The lowest BCUT2D eigenvalue weighted by Gasteiger charge is -2.09. The first-order chi connectivity index (χ1) is 8.76. The quantitative estimate of drug-likeness (QED) is 0.697. The summed E-state index contributed by atoms with van der Waals surface area (Å²) in [6, 6.07) is 0.718. The Hall–Kier alpha value is -1.45. The van der Waals surface area contributed by atoms with E-state index in [1.165, 1.54) is 18.5 Å². The van der Waals surface area contributed by atoms with Crippen LogP contribution < -0.4 is 10.0 Å². The van der Waals surface area contributed by atoms with Crippen molar-refractivity contribution in [3.63, 3.8) is 0 Å². The second kappa shape index (κ2) is 6.13. The molecule has 9 heteroatoms. The Morgan fingerprint density at radius 2 is 2.11 bits per heavy atom. The van der Waals surface area contributed by atoms with Crippen LogP contribution in [-0.4, -0.2) is 38.5 Å². The average Bonchev–Trinajstić information content (AvgIpc) is 2.77. The van der Waals surface area contributed by atoms with Crippen LogP contribution in [0.3, 0.4) is 0 Å². The SMILES string of the molecule is CNS(=O)(=O)c1csc(C(=O)NC(C)CC(=O)O)c1. The summed E-state index contributed by atoms with van der Waals surface area (Å²) in [4.78, 5) is 22.4. The van der Waals surface area contributed by atoms with Crippen molar-refractivity contribution in [1.29, 1.82) is 0 Å². The standard InChI is InChI=1S/C10H14N2O5S2/c1-6(3-9(13)14)12-10(15)8-4-7(5-18-8)19(16,17)11-2/h4-6,11H,3H2,1-2H3,(H,12,15)(H,13,14). The minimum Gasteiger partial charge on any atom is -0.481 e. The Kier molecular flexibility index (Phi) is 5.04. The third-order valence-electron chi connectivity index (χ3n) is 2.24. The first kappa shape index (κ1) is 15.6. The van der Waals surface area contributed by atoms with Gasteiger partial charge in [0.2, 0.25) is 10.0 Å². The molecule has 7 nitrogen and oxygen atoms in total. The van der Waals surface area contributed by atoms with Gasteiger partial charge in [-0.2, -0.15) is 0 Å². The lowest BCUT2D eigenvalue weighted by atomic mass is 10.2. The second-order valence-electron chi connectivity index (χ2n) is 3.83. The number of nitrogens with one attached hydrogen (secondary N) is 2. The van der Waals surface area contributed by atoms with E-state index >= 15 is 0 Å². The fourth-order valence-electron chi connectivity index (χ4n) is 1.30. The molecule has 1 rings (SSSR count). The van der Waals surface area contributed by atoms with Crippen LogP contribution in [0.25, 0.3) is 0 Å². The van der Waals surface area contributed by atoms with Crippen molar-refractivity contribution in [3.8, 4) is 0 Å². The summed E-state index contributed by atoms with van der Waals surface area (Å²) < 4.78 is 25.1. The molecule has 106 valence electrons. The first-order valence-corrected chi connectivity index (χ1v) is 7.67. The number of carbonyl (C=O) groups excluding carboxylic acids is 1. The predicted octanol–water partition coefficient (Wildman–Crippen LogP) is 0.249. The third kappa shape index (κ3) is 4.30. The summed E-state index contributed by atoms with van der Waals surface area (Å²) in [5.41, 5.74) is 0. The van der Waals surface area contributed by atoms with Crippen LogP contribution in [0, 0.1) is 0 Å². The monoisotopic (exact) mass is 306 g/mol. The number of hydrogen-bond acceptors (Lipinski definition) is 5. The lowest BCUT2D eigenvalue weighted by molar-refractivity contribution is -0.137. The molecule has 3 N–H and O–H groups in total. The van der Waals surface area contributed by atoms with E-state index in [0.29, 0.717) is 0 Å². The molecule has 0 radical (unpaired) electrons. The van der Waals surface area contributed by atoms with E-state index < -0.39 is 27.9 Å². The molecular formula is C10H14N2O5S2. The molecule has 0 bridgehead atoms. The number of sulfonamides is 1. The highest BCUT2D eigenvalue weighted by Gasteiger charge is 2.18. The van der Waals surface area contributed by atoms with Crippen molar-refractivity contribution in [2.75, 3.05) is 7.05 Å². The normalized spacial score (nSPS) is 12.9. The fraction of sp³-hybridized carbons (Fsp3) is 0.400. The van der Waals surface area contributed by atoms with Gasteiger partial charge in [-0.1, -0.05) is 0 Å². The molecule has 0 spiro atoms. The van der Waals surface area contributed by atoms with E-state index in [0.717, 1.165) is 11.3 Å². The minimum atomic E-state index is -3.57. The number of aliphatic carboxylic acids is 1. The van der Waals surface area contributed by atoms with Crippen molar-refractivity contribution in [2.45, 2.75) is 24.3 Å². The molecule has 1 aromatic rings. The molecule has 0 aliphatic rings. The molecule has 0 aromatic carbocycles. The highest BCUT2D eigenvalue weighted by molar-refractivity contribution is 7.89. The zero-order chi connectivity index (χ0) is 14.6. The van der Waals surface area contributed by atoms with Crippen molar-refractivity contribution in [2.24, 2.45) is 0 Å². The van der Waals surface area contributed by atoms with Crippen LogP contribution in [0.5, 0.6) is 0 Å². The summed E-state index contributed by atoms with van der Waals surface area (Å²) in [5, 5.41) is 12.4. The number of thiophene rings is 1. The fourth-order valence-corrected chi connectivity index (χ4v) is 3.21. The van der Waals surface area contributed by atoms with Gasteiger partial charge in [-0.25, -0.2) is 13.1 Å². The highest BCUT2D eigenvalue weighted by Crippen LogP contribution is 2.19. The molecule has 1 heterocycles. The number of carboxylic acid groups (broad SMARTS) is 1. The largest absolute Gasteiger partial charge is 0.481 e. The molecule has 1 atom stereocenters. The maximum atomic E-state index is 11.8. The Labute approximate surface area is 114 Å². The van der Waals surface area contributed by atoms with Gasteiger partial charge in [-0.3, -0.25) is 9.59 Å². The molecule has 1 amide bonds. The highest BCUT2D eigenvalue weighted by atomic mass is 32.2. The molecular weight excluding hydrogens is 292 g/mol. The molecule has 0 saturated heterocycles. The summed E-state index contributed by atoms with van der Waals surface area (Å²) in [7, 11) is -2.29. The van der Waals surface area contributed by atoms with E-state index in [4.69, 9.17) is 5.11 Å². The van der Waals surface area contributed by atoms with Gasteiger partial charge < -0.3 is 10.4 Å². The van der Waals surface area contributed by atoms with Crippen LogP contribution in [0.1, 0.15) is 23.0 Å². The lowest BCUT2D eigenvalue weighted by Crippen LogP contribution is -2.33. The summed E-state index contributed by atoms with van der Waals surface area (Å²) in [6.45, 7) is 1.56. The van der Waals surface area contributed by atoms with Crippen LogP contribution in [0.4, 0.5) is 0 Å².